The van der Waals surface area contributed by atoms with E-state index in [0.29, 0.717) is 12.5 Å². The van der Waals surface area contributed by atoms with Crippen molar-refractivity contribution in [1.82, 2.24) is 4.90 Å². The van der Waals surface area contributed by atoms with E-state index in [9.17, 15) is 19.7 Å². The molecule has 0 amide bonds. The maximum atomic E-state index is 13.4. The molecule has 128 valence electrons. The van der Waals surface area contributed by atoms with E-state index >= 15 is 0 Å². The van der Waals surface area contributed by atoms with Crippen molar-refractivity contribution in [1.29, 1.82) is 0 Å². The van der Waals surface area contributed by atoms with Crippen LogP contribution in [0, 0.1) is 11.7 Å². The summed E-state index contributed by atoms with van der Waals surface area (Å²) in [4.78, 5) is 4.21. The van der Waals surface area contributed by atoms with Crippen molar-refractivity contribution >= 4 is 5.69 Å². The van der Waals surface area contributed by atoms with E-state index in [-0.39, 0.29) is 11.9 Å². The number of likely N-dealkylation sites (tertiary alicyclic amines) is 1. The molecule has 0 saturated carbocycles. The molecule has 0 aromatic heterocycles. The Hall–Kier alpha value is -1.21. The van der Waals surface area contributed by atoms with Gasteiger partial charge in [0.15, 0.2) is 0 Å². The predicted octanol–water partition coefficient (Wildman–Crippen LogP) is 0.439. The van der Waals surface area contributed by atoms with Crippen LogP contribution in [0.15, 0.2) is 24.3 Å². The van der Waals surface area contributed by atoms with Gasteiger partial charge in [-0.25, -0.2) is 4.39 Å². The quantitative estimate of drug-likeness (QED) is 0.753. The van der Waals surface area contributed by atoms with Crippen LogP contribution in [0.3, 0.4) is 0 Å². The number of anilines is 1. The zero-order valence-corrected chi connectivity index (χ0v) is 13.3. The maximum Gasteiger partial charge on any atom is 0.125 e. The van der Waals surface area contributed by atoms with E-state index in [2.05, 4.69) is 4.90 Å². The van der Waals surface area contributed by atoms with E-state index in [1.807, 2.05) is 17.9 Å². The second-order valence-electron chi connectivity index (χ2n) is 6.82. The Bertz CT molecular complexity index is 544. The van der Waals surface area contributed by atoms with Gasteiger partial charge in [0.05, 0.1) is 12.2 Å². The molecule has 0 aliphatic carbocycles. The first-order chi connectivity index (χ1) is 11.0. The number of nitrogens with zero attached hydrogens (tertiary/aromatic N) is 2. The molecule has 5 atom stereocenters. The standard InChI is InChI=1S/C17H25FN2O3/c1-11-16(22)17(23)15(21)10-20(11)9-12-5-6-19(8-12)14-4-2-3-13(18)7-14/h2-4,7,11-12,15-17,21-23H,5-6,8-10H2,1H3/t11-,12?,15+,16-,17-/m1/s1. The van der Waals surface area contributed by atoms with Crippen LogP contribution in [0.4, 0.5) is 10.1 Å². The Morgan fingerprint density at radius 2 is 1.96 bits per heavy atom. The number of hydrogen-bond acceptors (Lipinski definition) is 5. The van der Waals surface area contributed by atoms with Gasteiger partial charge in [0, 0.05) is 37.9 Å². The van der Waals surface area contributed by atoms with Gasteiger partial charge in [0.1, 0.15) is 11.9 Å². The average molecular weight is 324 g/mol. The fourth-order valence-electron chi connectivity index (χ4n) is 3.70. The number of halogens is 1. The monoisotopic (exact) mass is 324 g/mol. The molecule has 3 N–H and O–H groups in total. The van der Waals surface area contributed by atoms with Crippen molar-refractivity contribution in [2.45, 2.75) is 37.7 Å². The van der Waals surface area contributed by atoms with Gasteiger partial charge in [-0.1, -0.05) is 6.07 Å². The van der Waals surface area contributed by atoms with Gasteiger partial charge in [-0.3, -0.25) is 4.90 Å². The summed E-state index contributed by atoms with van der Waals surface area (Å²) < 4.78 is 13.4. The number of hydrogen-bond donors (Lipinski definition) is 3. The van der Waals surface area contributed by atoms with Crippen molar-refractivity contribution in [3.8, 4) is 0 Å². The average Bonchev–Trinajstić information content (AvgIpc) is 2.99. The number of rotatable bonds is 3. The summed E-state index contributed by atoms with van der Waals surface area (Å²) in [5.41, 5.74) is 0.898. The van der Waals surface area contributed by atoms with E-state index < -0.39 is 18.3 Å². The summed E-state index contributed by atoms with van der Waals surface area (Å²) in [5.74, 6) is 0.172. The molecule has 5 nitrogen and oxygen atoms in total. The lowest BCUT2D eigenvalue weighted by Gasteiger charge is -2.43. The Morgan fingerprint density at radius 3 is 2.70 bits per heavy atom. The molecular weight excluding hydrogens is 299 g/mol. The third-order valence-corrected chi connectivity index (χ3v) is 5.19. The first kappa shape index (κ1) is 16.6. The number of aliphatic hydroxyl groups is 3. The van der Waals surface area contributed by atoms with E-state index in [1.165, 1.54) is 6.07 Å². The lowest BCUT2D eigenvalue weighted by Crippen LogP contribution is -2.60. The fraction of sp³-hybridized carbons (Fsp3) is 0.647. The second-order valence-corrected chi connectivity index (χ2v) is 6.82. The molecule has 2 heterocycles. The normalized spacial score (nSPS) is 35.7. The van der Waals surface area contributed by atoms with Gasteiger partial charge in [-0.15, -0.1) is 0 Å². The fourth-order valence-corrected chi connectivity index (χ4v) is 3.70. The number of β-amino-alcohol motifs (C(OH)–C–C–N with tert-alkyl or cyclic N) is 1. The van der Waals surface area contributed by atoms with Gasteiger partial charge in [0.25, 0.3) is 0 Å². The van der Waals surface area contributed by atoms with Gasteiger partial charge >= 0.3 is 0 Å². The van der Waals surface area contributed by atoms with Crippen molar-refractivity contribution in [2.75, 3.05) is 31.1 Å². The molecule has 0 radical (unpaired) electrons. The summed E-state index contributed by atoms with van der Waals surface area (Å²) in [7, 11) is 0. The zero-order valence-electron chi connectivity index (χ0n) is 13.3. The zero-order chi connectivity index (χ0) is 16.6. The van der Waals surface area contributed by atoms with Crippen LogP contribution >= 0.6 is 0 Å². The SMILES string of the molecule is C[C@@H]1[C@@H](O)[C@H](O)[C@@H](O)CN1CC1CCN(c2cccc(F)c2)C1. The molecule has 1 aromatic rings. The molecule has 3 rings (SSSR count). The van der Waals surface area contributed by atoms with E-state index in [4.69, 9.17) is 0 Å². The Balaban J connectivity index is 1.59. The molecule has 6 heteroatoms. The molecule has 2 fully saturated rings. The van der Waals surface area contributed by atoms with Crippen LogP contribution in [-0.2, 0) is 0 Å². The van der Waals surface area contributed by atoms with Crippen molar-refractivity contribution in [2.24, 2.45) is 5.92 Å². The summed E-state index contributed by atoms with van der Waals surface area (Å²) in [6.07, 6.45) is -1.93. The molecule has 2 aliphatic heterocycles. The first-order valence-corrected chi connectivity index (χ1v) is 8.24. The highest BCUT2D eigenvalue weighted by atomic mass is 19.1. The highest BCUT2D eigenvalue weighted by Crippen LogP contribution is 2.27. The minimum absolute atomic E-state index is 0.184. The maximum absolute atomic E-state index is 13.4. The van der Waals surface area contributed by atoms with Gasteiger partial charge in [-0.2, -0.15) is 0 Å². The number of piperidine rings is 1. The Kier molecular flexibility index (Phi) is 4.87. The van der Waals surface area contributed by atoms with Gasteiger partial charge in [-0.05, 0) is 37.5 Å². The van der Waals surface area contributed by atoms with Gasteiger partial charge in [0.2, 0.25) is 0 Å². The molecule has 0 spiro atoms. The molecular formula is C17H25FN2O3. The third kappa shape index (κ3) is 3.50. The number of aliphatic hydroxyl groups excluding tert-OH is 3. The van der Waals surface area contributed by atoms with Crippen LogP contribution in [0.5, 0.6) is 0 Å². The minimum atomic E-state index is -1.08. The molecule has 23 heavy (non-hydrogen) atoms. The molecule has 0 bridgehead atoms. The lowest BCUT2D eigenvalue weighted by atomic mass is 9.93. The lowest BCUT2D eigenvalue weighted by molar-refractivity contribution is -0.134. The van der Waals surface area contributed by atoms with Crippen molar-refractivity contribution < 1.29 is 19.7 Å². The minimum Gasteiger partial charge on any atom is -0.389 e. The van der Waals surface area contributed by atoms with Crippen molar-refractivity contribution in [3.63, 3.8) is 0 Å². The highest BCUT2D eigenvalue weighted by Gasteiger charge is 2.40. The highest BCUT2D eigenvalue weighted by molar-refractivity contribution is 5.47. The summed E-state index contributed by atoms with van der Waals surface area (Å²) in [5, 5.41) is 29.6. The van der Waals surface area contributed by atoms with E-state index in [1.54, 1.807) is 12.1 Å². The van der Waals surface area contributed by atoms with Gasteiger partial charge < -0.3 is 20.2 Å². The van der Waals surface area contributed by atoms with Crippen molar-refractivity contribution in [3.05, 3.63) is 30.1 Å². The van der Waals surface area contributed by atoms with Crippen LogP contribution in [-0.4, -0.2) is 70.8 Å². The van der Waals surface area contributed by atoms with Crippen LogP contribution in [0.25, 0.3) is 0 Å². The van der Waals surface area contributed by atoms with Crippen LogP contribution in [0.1, 0.15) is 13.3 Å². The molecule has 2 saturated heterocycles. The molecule has 1 aromatic carbocycles. The summed E-state index contributed by atoms with van der Waals surface area (Å²) in [6.45, 7) is 4.72. The van der Waals surface area contributed by atoms with Crippen LogP contribution in [0.2, 0.25) is 0 Å². The topological polar surface area (TPSA) is 67.2 Å². The third-order valence-electron chi connectivity index (χ3n) is 5.19. The first-order valence-electron chi connectivity index (χ1n) is 8.24. The molecule has 1 unspecified atom stereocenters. The second kappa shape index (κ2) is 6.73. The molecule has 2 aliphatic rings. The summed E-state index contributed by atoms with van der Waals surface area (Å²) >= 11 is 0. The smallest absolute Gasteiger partial charge is 0.125 e. The van der Waals surface area contributed by atoms with Crippen LogP contribution < -0.4 is 4.90 Å². The Labute approximate surface area is 136 Å². The largest absolute Gasteiger partial charge is 0.389 e. The summed E-state index contributed by atoms with van der Waals surface area (Å²) in [6, 6.07) is 6.45. The van der Waals surface area contributed by atoms with E-state index in [0.717, 1.165) is 31.7 Å². The predicted molar refractivity (Wildman–Crippen MR) is 85.8 cm³/mol. The Morgan fingerprint density at radius 1 is 1.17 bits per heavy atom. The number of benzene rings is 1.